The molecule has 10 heteroatoms. The molecule has 1 aromatic rings. The Kier molecular flexibility index (Phi) is 9.23. The van der Waals surface area contributed by atoms with Crippen LogP contribution in [0.15, 0.2) is 23.1 Å². The fourth-order valence-electron chi connectivity index (χ4n) is 2.33. The number of hydrogen-bond acceptors (Lipinski definition) is 7. The Morgan fingerprint density at radius 1 is 1.12 bits per heavy atom. The van der Waals surface area contributed by atoms with Gasteiger partial charge in [-0.1, -0.05) is 13.8 Å². The van der Waals surface area contributed by atoms with E-state index in [1.54, 1.807) is 0 Å². The van der Waals surface area contributed by atoms with Gasteiger partial charge in [-0.25, -0.2) is 22.7 Å². The van der Waals surface area contributed by atoms with Crippen LogP contribution in [0.1, 0.15) is 47.4 Å². The van der Waals surface area contributed by atoms with Crippen molar-refractivity contribution >= 4 is 34.4 Å². The van der Waals surface area contributed by atoms with E-state index >= 15 is 0 Å². The zero-order chi connectivity index (χ0) is 19.3. The fourth-order valence-corrected chi connectivity index (χ4v) is 4.11. The SMILES string of the molecule is CCC(CC)(CN)NS(=O)(=O)c1cc(C(=O)OC)ccc1C(=O)OC.Cl. The van der Waals surface area contributed by atoms with Crippen molar-refractivity contribution in [2.75, 3.05) is 20.8 Å². The molecule has 0 aliphatic heterocycles. The van der Waals surface area contributed by atoms with Gasteiger partial charge in [-0.2, -0.15) is 0 Å². The molecule has 0 heterocycles. The minimum atomic E-state index is -4.14. The molecule has 1 rings (SSSR count). The third kappa shape index (κ3) is 5.16. The lowest BCUT2D eigenvalue weighted by Gasteiger charge is -2.31. The summed E-state index contributed by atoms with van der Waals surface area (Å²) in [7, 11) is -1.82. The molecule has 0 aliphatic rings. The van der Waals surface area contributed by atoms with Gasteiger partial charge < -0.3 is 15.2 Å². The number of carbonyl (C=O) groups is 2. The van der Waals surface area contributed by atoms with Crippen LogP contribution in [-0.2, 0) is 19.5 Å². The largest absolute Gasteiger partial charge is 0.465 e. The van der Waals surface area contributed by atoms with Gasteiger partial charge in [-0.05, 0) is 31.0 Å². The van der Waals surface area contributed by atoms with Gasteiger partial charge in [0.25, 0.3) is 0 Å². The van der Waals surface area contributed by atoms with Crippen molar-refractivity contribution < 1.29 is 27.5 Å². The summed E-state index contributed by atoms with van der Waals surface area (Å²) >= 11 is 0. The van der Waals surface area contributed by atoms with Gasteiger partial charge in [0.1, 0.15) is 0 Å². The molecule has 0 amide bonds. The predicted octanol–water partition coefficient (Wildman–Crippen LogP) is 1.48. The van der Waals surface area contributed by atoms with Crippen LogP contribution in [-0.4, -0.2) is 46.7 Å². The molecule has 1 aromatic carbocycles. The maximum absolute atomic E-state index is 12.9. The van der Waals surface area contributed by atoms with Crippen LogP contribution in [0.5, 0.6) is 0 Å². The summed E-state index contributed by atoms with van der Waals surface area (Å²) in [6.45, 7) is 3.71. The summed E-state index contributed by atoms with van der Waals surface area (Å²) < 4.78 is 37.6. The first-order valence-corrected chi connectivity index (χ1v) is 9.23. The van der Waals surface area contributed by atoms with Crippen LogP contribution in [0, 0.1) is 0 Å². The van der Waals surface area contributed by atoms with Crippen LogP contribution in [0.3, 0.4) is 0 Å². The molecule has 0 aliphatic carbocycles. The highest BCUT2D eigenvalue weighted by molar-refractivity contribution is 7.89. The van der Waals surface area contributed by atoms with E-state index in [0.29, 0.717) is 12.8 Å². The Morgan fingerprint density at radius 2 is 1.65 bits per heavy atom. The first-order chi connectivity index (χ1) is 11.7. The van der Waals surface area contributed by atoms with Gasteiger partial charge in [-0.3, -0.25) is 0 Å². The molecule has 0 fully saturated rings. The minimum absolute atomic E-state index is 0. The second kappa shape index (κ2) is 9.86. The summed E-state index contributed by atoms with van der Waals surface area (Å²) in [5, 5.41) is 0. The molecule has 3 N–H and O–H groups in total. The Bertz CT molecular complexity index is 739. The van der Waals surface area contributed by atoms with Crippen LogP contribution in [0.4, 0.5) is 0 Å². The standard InChI is InChI=1S/C16H24N2O6S.ClH/c1-5-16(6-2,10-17)18-25(21,22)13-9-11(14(19)23-3)7-8-12(13)15(20)24-4;/h7-9,18H,5-6,10,17H2,1-4H3;1H. The van der Waals surface area contributed by atoms with Crippen molar-refractivity contribution in [3.05, 3.63) is 29.3 Å². The van der Waals surface area contributed by atoms with Crippen molar-refractivity contribution in [2.24, 2.45) is 5.73 Å². The number of sulfonamides is 1. The van der Waals surface area contributed by atoms with Crippen LogP contribution in [0.2, 0.25) is 0 Å². The quantitative estimate of drug-likeness (QED) is 0.624. The zero-order valence-corrected chi connectivity index (χ0v) is 16.8. The number of rotatable bonds is 8. The van der Waals surface area contributed by atoms with Gasteiger partial charge in [0.15, 0.2) is 0 Å². The van der Waals surface area contributed by atoms with E-state index in [1.807, 2.05) is 13.8 Å². The fraction of sp³-hybridized carbons (Fsp3) is 0.500. The third-order valence-electron chi connectivity index (χ3n) is 4.19. The molecule has 0 saturated heterocycles. The van der Waals surface area contributed by atoms with Crippen molar-refractivity contribution in [2.45, 2.75) is 37.1 Å². The van der Waals surface area contributed by atoms with Gasteiger partial charge >= 0.3 is 11.9 Å². The number of nitrogens with two attached hydrogens (primary N) is 1. The van der Waals surface area contributed by atoms with E-state index in [2.05, 4.69) is 14.2 Å². The number of carbonyl (C=O) groups excluding carboxylic acids is 2. The maximum Gasteiger partial charge on any atom is 0.339 e. The molecule has 0 saturated carbocycles. The lowest BCUT2D eigenvalue weighted by Crippen LogP contribution is -2.52. The molecule has 0 atom stereocenters. The molecule has 148 valence electrons. The van der Waals surface area contributed by atoms with Crippen molar-refractivity contribution in [1.82, 2.24) is 4.72 Å². The average molecular weight is 409 g/mol. The van der Waals surface area contributed by atoms with Crippen LogP contribution in [0.25, 0.3) is 0 Å². The molecule has 0 radical (unpaired) electrons. The summed E-state index contributed by atoms with van der Waals surface area (Å²) in [4.78, 5) is 23.3. The van der Waals surface area contributed by atoms with Crippen LogP contribution < -0.4 is 10.5 Å². The van der Waals surface area contributed by atoms with Gasteiger partial charge in [0, 0.05) is 12.1 Å². The predicted molar refractivity (Wildman–Crippen MR) is 99.1 cm³/mol. The molecular formula is C16H25ClN2O6S. The summed E-state index contributed by atoms with van der Waals surface area (Å²) in [5.41, 5.74) is 4.71. The molecule has 0 bridgehead atoms. The van der Waals surface area contributed by atoms with Gasteiger partial charge in [0.2, 0.25) is 10.0 Å². The van der Waals surface area contributed by atoms with Gasteiger partial charge in [0.05, 0.1) is 30.2 Å². The smallest absolute Gasteiger partial charge is 0.339 e. The lowest BCUT2D eigenvalue weighted by atomic mass is 9.95. The number of ether oxygens (including phenoxy) is 2. The Morgan fingerprint density at radius 3 is 2.08 bits per heavy atom. The minimum Gasteiger partial charge on any atom is -0.465 e. The molecule has 26 heavy (non-hydrogen) atoms. The van der Waals surface area contributed by atoms with Crippen molar-refractivity contribution in [1.29, 1.82) is 0 Å². The van der Waals surface area contributed by atoms with E-state index in [9.17, 15) is 18.0 Å². The molecule has 0 spiro atoms. The number of halogens is 1. The van der Waals surface area contributed by atoms with Crippen molar-refractivity contribution in [3.8, 4) is 0 Å². The Hall–Kier alpha value is -1.68. The topological polar surface area (TPSA) is 125 Å². The molecule has 0 aromatic heterocycles. The highest BCUT2D eigenvalue weighted by Crippen LogP contribution is 2.23. The van der Waals surface area contributed by atoms with Crippen LogP contribution >= 0.6 is 12.4 Å². The van der Waals surface area contributed by atoms with E-state index in [1.165, 1.54) is 19.2 Å². The first kappa shape index (κ1) is 24.3. The second-order valence-corrected chi connectivity index (χ2v) is 7.14. The average Bonchev–Trinajstić information content (AvgIpc) is 2.64. The first-order valence-electron chi connectivity index (χ1n) is 7.75. The summed E-state index contributed by atoms with van der Waals surface area (Å²) in [6.07, 6.45) is 0.924. The monoisotopic (exact) mass is 408 g/mol. The van der Waals surface area contributed by atoms with E-state index in [-0.39, 0.29) is 35.0 Å². The summed E-state index contributed by atoms with van der Waals surface area (Å²) in [5.74, 6) is -1.55. The Labute approximate surface area is 159 Å². The maximum atomic E-state index is 12.9. The zero-order valence-electron chi connectivity index (χ0n) is 15.2. The molecular weight excluding hydrogens is 384 g/mol. The van der Waals surface area contributed by atoms with Crippen molar-refractivity contribution in [3.63, 3.8) is 0 Å². The van der Waals surface area contributed by atoms with E-state index in [0.717, 1.165) is 13.2 Å². The normalized spacial score (nSPS) is 11.4. The molecule has 0 unspecified atom stereocenters. The highest BCUT2D eigenvalue weighted by atomic mass is 35.5. The van der Waals surface area contributed by atoms with Gasteiger partial charge in [-0.15, -0.1) is 12.4 Å². The second-order valence-electron chi connectivity index (χ2n) is 5.49. The highest BCUT2D eigenvalue weighted by Gasteiger charge is 2.33. The number of hydrogen-bond donors (Lipinski definition) is 2. The summed E-state index contributed by atoms with van der Waals surface area (Å²) in [6, 6.07) is 3.61. The number of nitrogens with one attached hydrogen (secondary N) is 1. The number of benzene rings is 1. The number of esters is 2. The number of methoxy groups -OCH3 is 2. The molecule has 8 nitrogen and oxygen atoms in total. The third-order valence-corrected chi connectivity index (χ3v) is 5.81. The van der Waals surface area contributed by atoms with E-state index < -0.39 is 27.5 Å². The Balaban J connectivity index is 0.00000625. The lowest BCUT2D eigenvalue weighted by molar-refractivity contribution is 0.0583. The van der Waals surface area contributed by atoms with E-state index in [4.69, 9.17) is 5.73 Å².